The van der Waals surface area contributed by atoms with E-state index in [1.807, 2.05) is 65.7 Å². The summed E-state index contributed by atoms with van der Waals surface area (Å²) >= 11 is 0. The Bertz CT molecular complexity index is 2190. The second kappa shape index (κ2) is 14.9. The fourth-order valence-electron chi connectivity index (χ4n) is 8.56. The van der Waals surface area contributed by atoms with Crippen molar-refractivity contribution in [1.29, 1.82) is 0 Å². The van der Waals surface area contributed by atoms with Crippen LogP contribution in [0.2, 0.25) is 18.6 Å². The number of ether oxygens (including phenoxy) is 4. The first-order valence-corrected chi connectivity index (χ1v) is 21.3. The molecule has 7 rings (SSSR count). The van der Waals surface area contributed by atoms with Crippen molar-refractivity contribution in [3.63, 3.8) is 0 Å². The quantitative estimate of drug-likeness (QED) is 0.168. The summed E-state index contributed by atoms with van der Waals surface area (Å²) in [6.07, 6.45) is 4.34. The lowest BCUT2D eigenvalue weighted by atomic mass is 9.82. The second-order valence-electron chi connectivity index (χ2n) is 14.6. The Morgan fingerprint density at radius 2 is 1.65 bits per heavy atom. The minimum Gasteiger partial charge on any atom is -0.497 e. The maximum Gasteiger partial charge on any atom is 0.297 e. The van der Waals surface area contributed by atoms with E-state index in [9.17, 15) is 9.90 Å². The molecule has 5 aromatic rings. The van der Waals surface area contributed by atoms with Crippen molar-refractivity contribution in [3.8, 4) is 22.9 Å². The van der Waals surface area contributed by atoms with Crippen LogP contribution in [-0.4, -0.2) is 72.7 Å². The van der Waals surface area contributed by atoms with Crippen molar-refractivity contribution in [1.82, 2.24) is 19.6 Å². The molecule has 0 aliphatic carbocycles. The van der Waals surface area contributed by atoms with E-state index in [4.69, 9.17) is 18.9 Å². The van der Waals surface area contributed by atoms with E-state index in [-0.39, 0.29) is 41.4 Å². The van der Waals surface area contributed by atoms with Crippen molar-refractivity contribution in [2.75, 3.05) is 32.8 Å². The molecule has 0 bridgehead atoms. The average molecular weight is 750 g/mol. The Labute approximate surface area is 315 Å². The second-order valence-corrected chi connectivity index (χ2v) is 19.3. The molecule has 12 nitrogen and oxygen atoms in total. The van der Waals surface area contributed by atoms with E-state index in [0.29, 0.717) is 37.4 Å². The van der Waals surface area contributed by atoms with E-state index in [2.05, 4.69) is 42.5 Å². The van der Waals surface area contributed by atoms with Gasteiger partial charge in [-0.15, -0.1) is 5.10 Å². The number of hydrogen-bond acceptors (Lipinski definition) is 9. The predicted octanol–water partition coefficient (Wildman–Crippen LogP) is 4.84. The number of methoxy groups -OCH3 is 3. The van der Waals surface area contributed by atoms with Crippen LogP contribution in [0.3, 0.4) is 0 Å². The summed E-state index contributed by atoms with van der Waals surface area (Å²) in [6, 6.07) is 25.2. The molecule has 0 saturated carbocycles. The van der Waals surface area contributed by atoms with Crippen molar-refractivity contribution in [2.45, 2.75) is 63.2 Å². The minimum atomic E-state index is -2.36. The molecule has 3 aromatic carbocycles. The normalized spacial score (nSPS) is 20.8. The van der Waals surface area contributed by atoms with Crippen molar-refractivity contribution in [3.05, 3.63) is 118 Å². The van der Waals surface area contributed by atoms with Crippen LogP contribution in [0.15, 0.2) is 96.1 Å². The van der Waals surface area contributed by atoms with Crippen LogP contribution in [-0.2, 0) is 34.6 Å². The highest BCUT2D eigenvalue weighted by molar-refractivity contribution is 6.91. The lowest BCUT2D eigenvalue weighted by molar-refractivity contribution is -0.146. The van der Waals surface area contributed by atoms with Crippen LogP contribution in [0, 0.1) is 5.92 Å². The van der Waals surface area contributed by atoms with Gasteiger partial charge in [0.2, 0.25) is 0 Å². The molecule has 0 radical (unpaired) electrons. The third kappa shape index (κ3) is 6.39. The number of amides is 1. The zero-order valence-electron chi connectivity index (χ0n) is 31.6. The van der Waals surface area contributed by atoms with Crippen LogP contribution in [0.25, 0.3) is 5.69 Å². The van der Waals surface area contributed by atoms with Gasteiger partial charge in [-0.1, -0.05) is 54.7 Å². The van der Waals surface area contributed by atoms with Crippen molar-refractivity contribution in [2.24, 2.45) is 5.92 Å². The van der Waals surface area contributed by atoms with E-state index < -0.39 is 13.7 Å². The molecule has 2 aromatic heterocycles. The largest absolute Gasteiger partial charge is 0.497 e. The van der Waals surface area contributed by atoms with Crippen LogP contribution in [0.5, 0.6) is 17.2 Å². The summed E-state index contributed by atoms with van der Waals surface area (Å²) in [5, 5.41) is 19.2. The smallest absolute Gasteiger partial charge is 0.297 e. The predicted molar refractivity (Wildman–Crippen MR) is 208 cm³/mol. The van der Waals surface area contributed by atoms with Crippen LogP contribution in [0.1, 0.15) is 30.2 Å². The van der Waals surface area contributed by atoms with Gasteiger partial charge in [0.05, 0.1) is 53.4 Å². The standard InChI is InChI=1S/C41H47N5O7Si/c1-27-38(54(5,6)33-16-13-31(50-2)14-17-33)36(19-22-44-26-29(20-23-47)42-43-44)53-41(27)34-24-32(51-3)15-18-35(34)46(40(41)49)25-28-9-11-30(12-10-28)45-21-7-8-37(52-4)39(45)48/h7-18,21,24,26-27,36,38,47H,19-20,22-23,25H2,1-6H3/t27-,36+,38-,41+/m1/s1. The molecule has 1 amide bonds. The first kappa shape index (κ1) is 37.1. The Hall–Kier alpha value is -5.24. The van der Waals surface area contributed by atoms with Gasteiger partial charge in [-0.05, 0) is 72.1 Å². The Morgan fingerprint density at radius 3 is 2.33 bits per heavy atom. The zero-order valence-corrected chi connectivity index (χ0v) is 32.6. The van der Waals surface area contributed by atoms with Gasteiger partial charge >= 0.3 is 0 Å². The molecule has 282 valence electrons. The molecule has 1 saturated heterocycles. The number of aryl methyl sites for hydroxylation is 1. The maximum atomic E-state index is 15.2. The number of carbonyl (C=O) groups is 1. The summed E-state index contributed by atoms with van der Waals surface area (Å²) < 4.78 is 27.1. The molecule has 0 unspecified atom stereocenters. The van der Waals surface area contributed by atoms with E-state index in [1.165, 1.54) is 16.9 Å². The fourth-order valence-corrected chi connectivity index (χ4v) is 12.6. The summed E-state index contributed by atoms with van der Waals surface area (Å²) in [6.45, 7) is 7.74. The molecular weight excluding hydrogens is 703 g/mol. The molecule has 4 heterocycles. The number of aliphatic hydroxyl groups excluding tert-OH is 1. The molecule has 1 spiro atoms. The van der Waals surface area contributed by atoms with Crippen LogP contribution >= 0.6 is 0 Å². The third-order valence-electron chi connectivity index (χ3n) is 11.3. The van der Waals surface area contributed by atoms with E-state index >= 15 is 4.79 Å². The first-order chi connectivity index (χ1) is 26.0. The molecular formula is C41H47N5O7Si. The van der Waals surface area contributed by atoms with Crippen LogP contribution < -0.4 is 29.9 Å². The summed E-state index contributed by atoms with van der Waals surface area (Å²) in [7, 11) is 2.41. The number of hydrogen-bond donors (Lipinski definition) is 1. The molecule has 2 aliphatic heterocycles. The van der Waals surface area contributed by atoms with Gasteiger partial charge in [-0.25, -0.2) is 0 Å². The Kier molecular flexibility index (Phi) is 10.2. The van der Waals surface area contributed by atoms with Gasteiger partial charge < -0.3 is 29.0 Å². The van der Waals surface area contributed by atoms with Crippen molar-refractivity contribution >= 4 is 24.9 Å². The van der Waals surface area contributed by atoms with Gasteiger partial charge in [0.25, 0.3) is 11.5 Å². The van der Waals surface area contributed by atoms with E-state index in [1.54, 1.807) is 37.2 Å². The minimum absolute atomic E-state index is 0.00209. The fraction of sp³-hybridized carbons (Fsp3) is 0.366. The molecule has 1 N–H and O–H groups in total. The van der Waals surface area contributed by atoms with Crippen LogP contribution in [0.4, 0.5) is 5.69 Å². The Balaban J connectivity index is 1.26. The lowest BCUT2D eigenvalue weighted by Crippen LogP contribution is -2.51. The zero-order chi connectivity index (χ0) is 38.2. The van der Waals surface area contributed by atoms with Gasteiger partial charge in [-0.3, -0.25) is 18.8 Å². The summed E-state index contributed by atoms with van der Waals surface area (Å²) in [5.41, 5.74) is 2.44. The lowest BCUT2D eigenvalue weighted by Gasteiger charge is -2.37. The summed E-state index contributed by atoms with van der Waals surface area (Å²) in [5.74, 6) is 1.40. The number of aliphatic hydroxyl groups is 1. The molecule has 2 aliphatic rings. The van der Waals surface area contributed by atoms with Crippen molar-refractivity contribution < 1.29 is 28.8 Å². The number of anilines is 1. The maximum absolute atomic E-state index is 15.2. The average Bonchev–Trinajstić information content (AvgIpc) is 3.84. The number of fused-ring (bicyclic) bond motifs is 2. The number of pyridine rings is 1. The Morgan fingerprint density at radius 1 is 0.926 bits per heavy atom. The first-order valence-electron chi connectivity index (χ1n) is 18.2. The third-order valence-corrected chi connectivity index (χ3v) is 15.7. The van der Waals surface area contributed by atoms with Gasteiger partial charge in [0.1, 0.15) is 11.5 Å². The topological polar surface area (TPSA) is 130 Å². The number of rotatable bonds is 13. The molecule has 54 heavy (non-hydrogen) atoms. The highest BCUT2D eigenvalue weighted by Gasteiger charge is 2.66. The molecule has 4 atom stereocenters. The highest BCUT2D eigenvalue weighted by atomic mass is 28.3. The number of carbonyl (C=O) groups excluding carboxylic acids is 1. The van der Waals surface area contributed by atoms with Gasteiger partial charge in [0, 0.05) is 49.1 Å². The highest BCUT2D eigenvalue weighted by Crippen LogP contribution is 2.60. The number of benzene rings is 3. The summed E-state index contributed by atoms with van der Waals surface area (Å²) in [4.78, 5) is 30.0. The van der Waals surface area contributed by atoms with Gasteiger partial charge in [0.15, 0.2) is 11.4 Å². The number of nitrogens with zero attached hydrogens (tertiary/aromatic N) is 5. The van der Waals surface area contributed by atoms with Gasteiger partial charge in [-0.2, -0.15) is 0 Å². The molecule has 1 fully saturated rings. The monoisotopic (exact) mass is 749 g/mol. The SMILES string of the molecule is COc1ccc([Si](C)(C)[C@H]2[C@H](CCn3cc(CCO)nn3)O[C@@]3(C(=O)N(Cc4ccc(-n5cccc(OC)c5=O)cc4)c4ccc(OC)cc43)[C@@H]2C)cc1. The van der Waals surface area contributed by atoms with E-state index in [0.717, 1.165) is 28.3 Å². The molecule has 13 heteroatoms. The number of aromatic nitrogens is 4.